The average Bonchev–Trinajstić information content (AvgIpc) is 2.52. The Morgan fingerprint density at radius 2 is 2.17 bits per heavy atom. The summed E-state index contributed by atoms with van der Waals surface area (Å²) >= 11 is 1.13. The van der Waals surface area contributed by atoms with Gasteiger partial charge in [-0.05, 0) is 18.6 Å². The van der Waals surface area contributed by atoms with Crippen LogP contribution in [0, 0.1) is 0 Å². The molecule has 68 valence electrons. The van der Waals surface area contributed by atoms with Crippen LogP contribution >= 0.6 is 11.3 Å². The second-order valence-corrected chi connectivity index (χ2v) is 3.70. The highest BCUT2D eigenvalue weighted by Crippen LogP contribution is 2.32. The van der Waals surface area contributed by atoms with Crippen molar-refractivity contribution in [3.63, 3.8) is 0 Å². The largest absolute Gasteiger partial charge is 0.325 e. The maximum Gasteiger partial charge on any atom is 0.294 e. The molecule has 0 saturated carbocycles. The lowest BCUT2D eigenvalue weighted by atomic mass is 10.3. The molecule has 0 bridgehead atoms. The Morgan fingerprint density at radius 1 is 1.50 bits per heavy atom. The van der Waals surface area contributed by atoms with Crippen LogP contribution in [-0.4, -0.2) is 6.54 Å². The van der Waals surface area contributed by atoms with Gasteiger partial charge in [0.15, 0.2) is 0 Å². The van der Waals surface area contributed by atoms with Crippen molar-refractivity contribution in [1.82, 2.24) is 0 Å². The number of nitrogens with two attached hydrogens (primary N) is 1. The van der Waals surface area contributed by atoms with E-state index in [1.54, 1.807) is 6.07 Å². The minimum atomic E-state index is -2.85. The maximum atomic E-state index is 12.9. The van der Waals surface area contributed by atoms with Gasteiger partial charge in [-0.15, -0.1) is 11.3 Å². The van der Waals surface area contributed by atoms with Gasteiger partial charge in [-0.25, -0.2) is 0 Å². The molecule has 0 spiro atoms. The molecule has 4 heteroatoms. The van der Waals surface area contributed by atoms with Crippen molar-refractivity contribution < 1.29 is 8.78 Å². The second kappa shape index (κ2) is 3.49. The van der Waals surface area contributed by atoms with E-state index >= 15 is 0 Å². The molecule has 0 aliphatic heterocycles. The first-order valence-corrected chi connectivity index (χ1v) is 4.59. The number of rotatable bonds is 3. The van der Waals surface area contributed by atoms with Crippen LogP contribution in [0.4, 0.5) is 8.78 Å². The van der Waals surface area contributed by atoms with E-state index in [1.807, 2.05) is 6.92 Å². The van der Waals surface area contributed by atoms with Gasteiger partial charge >= 0.3 is 0 Å². The third-order valence-corrected chi connectivity index (χ3v) is 2.97. The molecule has 0 amide bonds. The van der Waals surface area contributed by atoms with Crippen molar-refractivity contribution in [1.29, 1.82) is 0 Å². The SMILES string of the molecule is CCc1ccc(C(F)(F)CN)s1. The lowest BCUT2D eigenvalue weighted by Gasteiger charge is -2.10. The fraction of sp³-hybridized carbons (Fsp3) is 0.500. The Labute approximate surface area is 74.2 Å². The zero-order valence-electron chi connectivity index (χ0n) is 6.81. The predicted molar refractivity (Wildman–Crippen MR) is 46.6 cm³/mol. The van der Waals surface area contributed by atoms with Crippen LogP contribution in [0.1, 0.15) is 16.7 Å². The molecule has 12 heavy (non-hydrogen) atoms. The zero-order valence-corrected chi connectivity index (χ0v) is 7.63. The smallest absolute Gasteiger partial charge is 0.294 e. The summed E-state index contributed by atoms with van der Waals surface area (Å²) in [5, 5.41) is 0. The van der Waals surface area contributed by atoms with Crippen molar-refractivity contribution in [2.24, 2.45) is 5.73 Å². The van der Waals surface area contributed by atoms with Gasteiger partial charge in [0.05, 0.1) is 11.4 Å². The molecule has 2 N–H and O–H groups in total. The van der Waals surface area contributed by atoms with Crippen LogP contribution in [0.25, 0.3) is 0 Å². The molecule has 0 fully saturated rings. The van der Waals surface area contributed by atoms with Crippen LogP contribution in [0.2, 0.25) is 0 Å². The average molecular weight is 191 g/mol. The second-order valence-electron chi connectivity index (χ2n) is 2.53. The van der Waals surface area contributed by atoms with E-state index in [0.717, 1.165) is 22.6 Å². The summed E-state index contributed by atoms with van der Waals surface area (Å²) in [6.45, 7) is 1.33. The number of hydrogen-bond acceptors (Lipinski definition) is 2. The van der Waals surface area contributed by atoms with Gasteiger partial charge in [-0.2, -0.15) is 8.78 Å². The third-order valence-electron chi connectivity index (χ3n) is 1.63. The molecule has 1 aromatic heterocycles. The standard InChI is InChI=1S/C8H11F2NS/c1-2-6-3-4-7(12-6)8(9,10)5-11/h3-4H,2,5,11H2,1H3. The first-order chi connectivity index (χ1) is 5.60. The van der Waals surface area contributed by atoms with Crippen LogP contribution in [-0.2, 0) is 12.3 Å². The number of hydrogen-bond donors (Lipinski definition) is 1. The molecule has 0 aliphatic rings. The quantitative estimate of drug-likeness (QED) is 0.779. The predicted octanol–water partition coefficient (Wildman–Crippen LogP) is 2.36. The lowest BCUT2D eigenvalue weighted by Crippen LogP contribution is -2.23. The highest BCUT2D eigenvalue weighted by Gasteiger charge is 2.30. The summed E-state index contributed by atoms with van der Waals surface area (Å²) < 4.78 is 25.8. The molecular weight excluding hydrogens is 180 g/mol. The molecular formula is C8H11F2NS. The highest BCUT2D eigenvalue weighted by atomic mass is 32.1. The van der Waals surface area contributed by atoms with Crippen LogP contribution in [0.5, 0.6) is 0 Å². The minimum Gasteiger partial charge on any atom is -0.325 e. The summed E-state index contributed by atoms with van der Waals surface area (Å²) in [7, 11) is 0. The molecule has 0 aromatic carbocycles. The zero-order chi connectivity index (χ0) is 9.19. The molecule has 1 heterocycles. The van der Waals surface area contributed by atoms with Gasteiger partial charge in [0, 0.05) is 4.88 Å². The van der Waals surface area contributed by atoms with Gasteiger partial charge < -0.3 is 5.73 Å². The van der Waals surface area contributed by atoms with E-state index in [-0.39, 0.29) is 4.88 Å². The van der Waals surface area contributed by atoms with Crippen molar-refractivity contribution in [3.8, 4) is 0 Å². The number of alkyl halides is 2. The van der Waals surface area contributed by atoms with Gasteiger partial charge in [0.2, 0.25) is 0 Å². The molecule has 1 nitrogen and oxygen atoms in total. The molecule has 1 rings (SSSR count). The van der Waals surface area contributed by atoms with Crippen molar-refractivity contribution in [2.45, 2.75) is 19.3 Å². The molecule has 0 radical (unpaired) electrons. The third kappa shape index (κ3) is 1.81. The van der Waals surface area contributed by atoms with Crippen molar-refractivity contribution >= 4 is 11.3 Å². The van der Waals surface area contributed by atoms with E-state index in [9.17, 15) is 8.78 Å². The van der Waals surface area contributed by atoms with Crippen molar-refractivity contribution in [2.75, 3.05) is 6.54 Å². The monoisotopic (exact) mass is 191 g/mol. The number of aryl methyl sites for hydroxylation is 1. The van der Waals surface area contributed by atoms with E-state index in [2.05, 4.69) is 0 Å². The minimum absolute atomic E-state index is 0.0712. The molecule has 0 atom stereocenters. The fourth-order valence-corrected chi connectivity index (χ4v) is 1.80. The van der Waals surface area contributed by atoms with Gasteiger partial charge in [0.1, 0.15) is 0 Å². The summed E-state index contributed by atoms with van der Waals surface area (Å²) in [5.41, 5.74) is 4.95. The van der Waals surface area contributed by atoms with Gasteiger partial charge in [-0.3, -0.25) is 0 Å². The number of thiophene rings is 1. The van der Waals surface area contributed by atoms with Crippen molar-refractivity contribution in [3.05, 3.63) is 21.9 Å². The van der Waals surface area contributed by atoms with Gasteiger partial charge in [0.25, 0.3) is 5.92 Å². The summed E-state index contributed by atoms with van der Waals surface area (Å²) in [5.74, 6) is -2.85. The summed E-state index contributed by atoms with van der Waals surface area (Å²) in [6.07, 6.45) is 0.797. The maximum absolute atomic E-state index is 12.9. The fourth-order valence-electron chi connectivity index (χ4n) is 0.865. The van der Waals surface area contributed by atoms with E-state index in [4.69, 9.17) is 5.73 Å². The van der Waals surface area contributed by atoms with E-state index in [0.29, 0.717) is 0 Å². The van der Waals surface area contributed by atoms with Crippen LogP contribution < -0.4 is 5.73 Å². The lowest BCUT2D eigenvalue weighted by molar-refractivity contribution is 0.00989. The molecule has 1 aromatic rings. The van der Waals surface area contributed by atoms with E-state index < -0.39 is 12.5 Å². The normalized spacial score (nSPS) is 12.0. The topological polar surface area (TPSA) is 26.0 Å². The molecule has 0 saturated heterocycles. The van der Waals surface area contributed by atoms with Gasteiger partial charge in [-0.1, -0.05) is 6.92 Å². The van der Waals surface area contributed by atoms with Crippen LogP contribution in [0.3, 0.4) is 0 Å². The van der Waals surface area contributed by atoms with Crippen LogP contribution in [0.15, 0.2) is 12.1 Å². The van der Waals surface area contributed by atoms with E-state index in [1.165, 1.54) is 6.07 Å². The summed E-state index contributed by atoms with van der Waals surface area (Å²) in [4.78, 5) is 1.04. The highest BCUT2D eigenvalue weighted by molar-refractivity contribution is 7.12. The Balaban J connectivity index is 2.88. The molecule has 0 aliphatic carbocycles. The Morgan fingerprint density at radius 3 is 2.58 bits per heavy atom. The first-order valence-electron chi connectivity index (χ1n) is 3.77. The molecule has 0 unspecified atom stereocenters. The summed E-state index contributed by atoms with van der Waals surface area (Å²) in [6, 6.07) is 3.18. The Bertz CT molecular complexity index is 257. The first kappa shape index (κ1) is 9.61. The Hall–Kier alpha value is -0.480. The Kier molecular flexibility index (Phi) is 2.80. The number of halogens is 2.